The highest BCUT2D eigenvalue weighted by molar-refractivity contribution is 5.79. The Kier molecular flexibility index (Phi) is 8.69. The molecule has 1 fully saturated rings. The standard InChI is InChI=1S/C16H34N4O/c1-6-7-8-19(5)16(17-4)18-11-15-13-20(9-10-21-15)12-14(2)3/h14-15H,6-13H2,1-5H3,(H,17,18). The van der Waals surface area contributed by atoms with Crippen molar-refractivity contribution in [3.63, 3.8) is 0 Å². The van der Waals surface area contributed by atoms with Gasteiger partial charge in [-0.25, -0.2) is 0 Å². The highest BCUT2D eigenvalue weighted by atomic mass is 16.5. The Morgan fingerprint density at radius 1 is 1.48 bits per heavy atom. The highest BCUT2D eigenvalue weighted by Gasteiger charge is 2.21. The Labute approximate surface area is 130 Å². The van der Waals surface area contributed by atoms with Gasteiger partial charge >= 0.3 is 0 Å². The lowest BCUT2D eigenvalue weighted by atomic mass is 10.2. The maximum Gasteiger partial charge on any atom is 0.193 e. The van der Waals surface area contributed by atoms with Gasteiger partial charge in [-0.1, -0.05) is 27.2 Å². The lowest BCUT2D eigenvalue weighted by Crippen LogP contribution is -2.50. The number of aliphatic imine (C=N–C) groups is 1. The molecule has 0 aromatic rings. The van der Waals surface area contributed by atoms with E-state index in [1.165, 1.54) is 12.8 Å². The van der Waals surface area contributed by atoms with Crippen LogP contribution in [-0.4, -0.2) is 75.3 Å². The number of nitrogens with one attached hydrogen (secondary N) is 1. The van der Waals surface area contributed by atoms with Crippen LogP contribution in [0.25, 0.3) is 0 Å². The van der Waals surface area contributed by atoms with Crippen molar-refractivity contribution in [1.82, 2.24) is 15.1 Å². The number of unbranched alkanes of at least 4 members (excludes halogenated alkanes) is 1. The fraction of sp³-hybridized carbons (Fsp3) is 0.938. The first-order valence-corrected chi connectivity index (χ1v) is 8.32. The minimum absolute atomic E-state index is 0.258. The molecular formula is C16H34N4O. The summed E-state index contributed by atoms with van der Waals surface area (Å²) in [4.78, 5) is 9.05. The van der Waals surface area contributed by atoms with Crippen molar-refractivity contribution in [2.75, 3.05) is 53.4 Å². The number of hydrogen-bond donors (Lipinski definition) is 1. The fourth-order valence-electron chi connectivity index (χ4n) is 2.68. The molecule has 1 atom stereocenters. The van der Waals surface area contributed by atoms with Crippen molar-refractivity contribution in [3.05, 3.63) is 0 Å². The van der Waals surface area contributed by atoms with Gasteiger partial charge in [0.05, 0.1) is 12.7 Å². The van der Waals surface area contributed by atoms with Crippen molar-refractivity contribution in [2.24, 2.45) is 10.9 Å². The number of ether oxygens (including phenoxy) is 1. The Balaban J connectivity index is 2.35. The first-order valence-electron chi connectivity index (χ1n) is 8.32. The van der Waals surface area contributed by atoms with E-state index >= 15 is 0 Å². The summed E-state index contributed by atoms with van der Waals surface area (Å²) in [5.41, 5.74) is 0. The number of guanidine groups is 1. The molecule has 0 radical (unpaired) electrons. The van der Waals surface area contributed by atoms with Gasteiger partial charge in [-0.2, -0.15) is 0 Å². The molecule has 0 aliphatic carbocycles. The molecule has 1 N–H and O–H groups in total. The minimum atomic E-state index is 0.258. The van der Waals surface area contributed by atoms with Gasteiger partial charge in [0.2, 0.25) is 0 Å². The van der Waals surface area contributed by atoms with Crippen LogP contribution in [0, 0.1) is 5.92 Å². The molecular weight excluding hydrogens is 264 g/mol. The molecule has 1 unspecified atom stereocenters. The zero-order chi connectivity index (χ0) is 15.7. The molecule has 5 heteroatoms. The van der Waals surface area contributed by atoms with Crippen LogP contribution in [0.15, 0.2) is 4.99 Å². The average molecular weight is 298 g/mol. The summed E-state index contributed by atoms with van der Waals surface area (Å²) in [5.74, 6) is 1.68. The quantitative estimate of drug-likeness (QED) is 0.573. The van der Waals surface area contributed by atoms with Crippen molar-refractivity contribution in [1.29, 1.82) is 0 Å². The van der Waals surface area contributed by atoms with Crippen LogP contribution < -0.4 is 5.32 Å². The van der Waals surface area contributed by atoms with Crippen LogP contribution in [0.1, 0.15) is 33.6 Å². The second kappa shape index (κ2) is 10.0. The van der Waals surface area contributed by atoms with Crippen molar-refractivity contribution in [2.45, 2.75) is 39.7 Å². The maximum atomic E-state index is 5.87. The second-order valence-corrected chi connectivity index (χ2v) is 6.35. The second-order valence-electron chi connectivity index (χ2n) is 6.35. The van der Waals surface area contributed by atoms with Crippen LogP contribution in [0.5, 0.6) is 0 Å². The summed E-state index contributed by atoms with van der Waals surface area (Å²) in [6, 6.07) is 0. The Morgan fingerprint density at radius 2 is 2.24 bits per heavy atom. The molecule has 0 amide bonds. The van der Waals surface area contributed by atoms with E-state index in [4.69, 9.17) is 4.74 Å². The zero-order valence-electron chi connectivity index (χ0n) is 14.6. The van der Waals surface area contributed by atoms with E-state index < -0.39 is 0 Å². The predicted molar refractivity (Wildman–Crippen MR) is 89.9 cm³/mol. The van der Waals surface area contributed by atoms with E-state index in [2.05, 4.69) is 47.9 Å². The van der Waals surface area contributed by atoms with Gasteiger partial charge in [-0.3, -0.25) is 9.89 Å². The van der Waals surface area contributed by atoms with Crippen LogP contribution in [-0.2, 0) is 4.74 Å². The van der Waals surface area contributed by atoms with Gasteiger partial charge in [-0.15, -0.1) is 0 Å². The lowest BCUT2D eigenvalue weighted by molar-refractivity contribution is -0.0286. The fourth-order valence-corrected chi connectivity index (χ4v) is 2.68. The molecule has 1 saturated heterocycles. The molecule has 1 rings (SSSR count). The number of hydrogen-bond acceptors (Lipinski definition) is 3. The monoisotopic (exact) mass is 298 g/mol. The third-order valence-electron chi connectivity index (χ3n) is 3.75. The molecule has 0 aromatic heterocycles. The third-order valence-corrected chi connectivity index (χ3v) is 3.75. The van der Waals surface area contributed by atoms with Gasteiger partial charge in [-0.05, 0) is 12.3 Å². The van der Waals surface area contributed by atoms with Gasteiger partial charge < -0.3 is 15.0 Å². The maximum absolute atomic E-state index is 5.87. The summed E-state index contributed by atoms with van der Waals surface area (Å²) in [6.07, 6.45) is 2.66. The zero-order valence-corrected chi connectivity index (χ0v) is 14.6. The van der Waals surface area contributed by atoms with E-state index in [0.29, 0.717) is 5.92 Å². The van der Waals surface area contributed by atoms with E-state index in [9.17, 15) is 0 Å². The molecule has 0 bridgehead atoms. The average Bonchev–Trinajstić information content (AvgIpc) is 2.45. The molecule has 5 nitrogen and oxygen atoms in total. The first kappa shape index (κ1) is 18.2. The van der Waals surface area contributed by atoms with Crippen molar-refractivity contribution in [3.8, 4) is 0 Å². The Morgan fingerprint density at radius 3 is 2.86 bits per heavy atom. The van der Waals surface area contributed by atoms with E-state index in [-0.39, 0.29) is 6.10 Å². The van der Waals surface area contributed by atoms with E-state index in [1.54, 1.807) is 0 Å². The first-order chi connectivity index (χ1) is 10.1. The largest absolute Gasteiger partial charge is 0.374 e. The number of nitrogens with zero attached hydrogens (tertiary/aromatic N) is 3. The van der Waals surface area contributed by atoms with Gasteiger partial charge in [0.1, 0.15) is 0 Å². The Bertz CT molecular complexity index is 307. The van der Waals surface area contributed by atoms with Crippen molar-refractivity contribution >= 4 is 5.96 Å². The lowest BCUT2D eigenvalue weighted by Gasteiger charge is -2.34. The molecule has 0 saturated carbocycles. The smallest absolute Gasteiger partial charge is 0.193 e. The third kappa shape index (κ3) is 7.14. The molecule has 124 valence electrons. The summed E-state index contributed by atoms with van der Waals surface area (Å²) in [5, 5.41) is 3.45. The molecule has 1 aliphatic heterocycles. The summed E-state index contributed by atoms with van der Waals surface area (Å²) in [6.45, 7) is 12.7. The summed E-state index contributed by atoms with van der Waals surface area (Å²) >= 11 is 0. The summed E-state index contributed by atoms with van der Waals surface area (Å²) in [7, 11) is 3.94. The van der Waals surface area contributed by atoms with Gasteiger partial charge in [0.15, 0.2) is 5.96 Å². The molecule has 21 heavy (non-hydrogen) atoms. The highest BCUT2D eigenvalue weighted by Crippen LogP contribution is 2.07. The molecule has 1 aliphatic rings. The van der Waals surface area contributed by atoms with E-state index in [1.807, 2.05) is 7.05 Å². The topological polar surface area (TPSA) is 40.1 Å². The van der Waals surface area contributed by atoms with Crippen LogP contribution in [0.3, 0.4) is 0 Å². The van der Waals surface area contributed by atoms with Crippen molar-refractivity contribution < 1.29 is 4.74 Å². The number of morpholine rings is 1. The van der Waals surface area contributed by atoms with Gasteiger partial charge in [0.25, 0.3) is 0 Å². The number of rotatable bonds is 7. The van der Waals surface area contributed by atoms with Crippen LogP contribution in [0.4, 0.5) is 0 Å². The van der Waals surface area contributed by atoms with Crippen LogP contribution in [0.2, 0.25) is 0 Å². The normalized spacial score (nSPS) is 20.9. The minimum Gasteiger partial charge on any atom is -0.374 e. The Hall–Kier alpha value is -0.810. The summed E-state index contributed by atoms with van der Waals surface area (Å²) < 4.78 is 5.87. The molecule has 0 aromatic carbocycles. The predicted octanol–water partition coefficient (Wildman–Crippen LogP) is 1.65. The molecule has 1 heterocycles. The van der Waals surface area contributed by atoms with Gasteiger partial charge in [0, 0.05) is 46.8 Å². The van der Waals surface area contributed by atoms with Crippen LogP contribution >= 0.6 is 0 Å². The SMILES string of the molecule is CCCCN(C)C(=NC)NCC1CN(CC(C)C)CCO1. The van der Waals surface area contributed by atoms with E-state index in [0.717, 1.165) is 45.3 Å². The molecule has 0 spiro atoms.